The summed E-state index contributed by atoms with van der Waals surface area (Å²) >= 11 is 0. The van der Waals surface area contributed by atoms with E-state index in [0.29, 0.717) is 6.42 Å². The van der Waals surface area contributed by atoms with Crippen molar-refractivity contribution in [3.63, 3.8) is 0 Å². The number of aliphatic carboxylic acids is 1. The van der Waals surface area contributed by atoms with Gasteiger partial charge in [-0.1, -0.05) is 60.7 Å². The molecule has 3 amide bonds. The number of hydrogen-bond donors (Lipinski definition) is 5. The second-order valence-electron chi connectivity index (χ2n) is 8.64. The second-order valence-corrected chi connectivity index (χ2v) is 8.64. The fourth-order valence-corrected chi connectivity index (χ4v) is 3.61. The maximum Gasteiger partial charge on any atom is 0.326 e. The van der Waals surface area contributed by atoms with Gasteiger partial charge in [0.05, 0.1) is 18.2 Å². The maximum atomic E-state index is 13.0. The standard InChI is InChI=1S/C28H30N4O6/c29-21(16-25(30)33)27(35)31-22-14-12-20(15-24(22)38-17-19-9-5-2-6-10-19)26(34)32-23(28(36)37)13-11-18-7-3-1-4-8-18/h1-10,12,14-15,21,23H,11,13,16-17,29H2,(H2,30,33)(H,31,35)(H,32,34)(H,36,37)/t21-,23-/m0/s1. The summed E-state index contributed by atoms with van der Waals surface area (Å²) < 4.78 is 5.89. The van der Waals surface area contributed by atoms with Crippen molar-refractivity contribution in [3.05, 3.63) is 95.6 Å². The SMILES string of the molecule is NC(=O)C[C@H](N)C(=O)Nc1ccc(C(=O)N[C@@H](CCc2ccccc2)C(=O)O)cc1OCc1ccccc1. The third-order valence-electron chi connectivity index (χ3n) is 5.66. The van der Waals surface area contributed by atoms with Crippen LogP contribution in [0.25, 0.3) is 0 Å². The number of carbonyl (C=O) groups excluding carboxylic acids is 3. The molecule has 0 saturated heterocycles. The minimum Gasteiger partial charge on any atom is -0.487 e. The Labute approximate surface area is 220 Å². The van der Waals surface area contributed by atoms with Crippen LogP contribution in [0.3, 0.4) is 0 Å². The molecule has 0 aromatic heterocycles. The van der Waals surface area contributed by atoms with E-state index in [0.717, 1.165) is 11.1 Å². The summed E-state index contributed by atoms with van der Waals surface area (Å²) in [5, 5.41) is 14.8. The molecule has 2 atom stereocenters. The molecule has 0 aliphatic carbocycles. The van der Waals surface area contributed by atoms with Crippen LogP contribution in [-0.2, 0) is 27.4 Å². The first kappa shape index (κ1) is 27.9. The van der Waals surface area contributed by atoms with Gasteiger partial charge >= 0.3 is 5.97 Å². The van der Waals surface area contributed by atoms with Crippen molar-refractivity contribution in [1.82, 2.24) is 5.32 Å². The topological polar surface area (TPSA) is 174 Å². The number of benzene rings is 3. The third kappa shape index (κ3) is 8.45. The lowest BCUT2D eigenvalue weighted by Gasteiger charge is -2.18. The lowest BCUT2D eigenvalue weighted by Crippen LogP contribution is -2.41. The van der Waals surface area contributed by atoms with Gasteiger partial charge < -0.3 is 31.9 Å². The maximum absolute atomic E-state index is 13.0. The lowest BCUT2D eigenvalue weighted by atomic mass is 10.0. The van der Waals surface area contributed by atoms with E-state index in [1.54, 1.807) is 0 Å². The Morgan fingerprint density at radius 3 is 2.13 bits per heavy atom. The Kier molecular flexibility index (Phi) is 9.95. The molecule has 0 unspecified atom stereocenters. The van der Waals surface area contributed by atoms with Crippen molar-refractivity contribution >= 4 is 29.4 Å². The van der Waals surface area contributed by atoms with E-state index in [-0.39, 0.29) is 36.4 Å². The quantitative estimate of drug-likeness (QED) is 0.231. The molecule has 0 saturated carbocycles. The number of hydrogen-bond acceptors (Lipinski definition) is 6. The molecule has 3 aromatic rings. The molecule has 0 fully saturated rings. The molecule has 0 spiro atoms. The summed E-state index contributed by atoms with van der Waals surface area (Å²) in [5.74, 6) is -2.98. The fraction of sp³-hybridized carbons (Fsp3) is 0.214. The minimum atomic E-state index is -1.17. The zero-order chi connectivity index (χ0) is 27.5. The summed E-state index contributed by atoms with van der Waals surface area (Å²) in [6, 6.07) is 20.6. The molecule has 7 N–H and O–H groups in total. The number of anilines is 1. The molecule has 0 radical (unpaired) electrons. The average molecular weight is 519 g/mol. The van der Waals surface area contributed by atoms with Gasteiger partial charge in [0.25, 0.3) is 5.91 Å². The molecule has 198 valence electrons. The predicted molar refractivity (Wildman–Crippen MR) is 141 cm³/mol. The minimum absolute atomic E-state index is 0.136. The monoisotopic (exact) mass is 518 g/mol. The van der Waals surface area contributed by atoms with E-state index >= 15 is 0 Å². The van der Waals surface area contributed by atoms with Crippen LogP contribution in [-0.4, -0.2) is 40.9 Å². The largest absolute Gasteiger partial charge is 0.487 e. The fourth-order valence-electron chi connectivity index (χ4n) is 3.61. The first-order valence-corrected chi connectivity index (χ1v) is 12.0. The van der Waals surface area contributed by atoms with Gasteiger partial charge in [0.2, 0.25) is 11.8 Å². The van der Waals surface area contributed by atoms with Gasteiger partial charge in [-0.05, 0) is 42.2 Å². The number of amides is 3. The number of primary amides is 1. The molecule has 0 aliphatic heterocycles. The zero-order valence-electron chi connectivity index (χ0n) is 20.6. The Hall–Kier alpha value is -4.70. The molecule has 10 heteroatoms. The Bertz CT molecular complexity index is 1270. The highest BCUT2D eigenvalue weighted by atomic mass is 16.5. The number of aryl methyl sites for hydroxylation is 1. The summed E-state index contributed by atoms with van der Waals surface area (Å²) in [6.07, 6.45) is 0.334. The number of nitrogens with one attached hydrogen (secondary N) is 2. The van der Waals surface area contributed by atoms with Crippen LogP contribution in [0.5, 0.6) is 5.75 Å². The van der Waals surface area contributed by atoms with Crippen LogP contribution in [0, 0.1) is 0 Å². The predicted octanol–water partition coefficient (Wildman–Crippen LogP) is 2.22. The van der Waals surface area contributed by atoms with Crippen LogP contribution in [0.15, 0.2) is 78.9 Å². The van der Waals surface area contributed by atoms with Gasteiger partial charge in [-0.3, -0.25) is 14.4 Å². The number of ether oxygens (including phenoxy) is 1. The molecule has 0 heterocycles. The number of carbonyl (C=O) groups is 4. The molecule has 10 nitrogen and oxygen atoms in total. The van der Waals surface area contributed by atoms with Gasteiger partial charge in [0.1, 0.15) is 18.4 Å². The smallest absolute Gasteiger partial charge is 0.326 e. The molecule has 3 aromatic carbocycles. The summed E-state index contributed by atoms with van der Waals surface area (Å²) in [5.41, 5.74) is 13.0. The summed E-state index contributed by atoms with van der Waals surface area (Å²) in [7, 11) is 0. The molecular formula is C28H30N4O6. The van der Waals surface area contributed by atoms with Gasteiger partial charge in [-0.15, -0.1) is 0 Å². The van der Waals surface area contributed by atoms with Gasteiger partial charge in [-0.2, -0.15) is 0 Å². The normalized spacial score (nSPS) is 12.1. The van der Waals surface area contributed by atoms with Gasteiger partial charge in [-0.25, -0.2) is 4.79 Å². The Morgan fingerprint density at radius 1 is 0.895 bits per heavy atom. The first-order valence-electron chi connectivity index (χ1n) is 12.0. The summed E-state index contributed by atoms with van der Waals surface area (Å²) in [6.45, 7) is 0.136. The molecule has 38 heavy (non-hydrogen) atoms. The van der Waals surface area contributed by atoms with Gasteiger partial charge in [0.15, 0.2) is 0 Å². The molecule has 0 bridgehead atoms. The zero-order valence-corrected chi connectivity index (χ0v) is 20.6. The van der Waals surface area contributed by atoms with E-state index in [1.807, 2.05) is 60.7 Å². The van der Waals surface area contributed by atoms with Crippen molar-refractivity contribution in [3.8, 4) is 5.75 Å². The van der Waals surface area contributed by atoms with Crippen LogP contribution >= 0.6 is 0 Å². The number of rotatable bonds is 13. The number of nitrogens with two attached hydrogens (primary N) is 2. The van der Waals surface area contributed by atoms with Crippen LogP contribution < -0.4 is 26.8 Å². The highest BCUT2D eigenvalue weighted by molar-refractivity contribution is 6.00. The molecular weight excluding hydrogens is 488 g/mol. The van der Waals surface area contributed by atoms with Crippen molar-refractivity contribution in [2.75, 3.05) is 5.32 Å². The number of carboxylic acids is 1. The van der Waals surface area contributed by atoms with Crippen LogP contribution in [0.1, 0.15) is 34.3 Å². The van der Waals surface area contributed by atoms with Crippen molar-refractivity contribution < 1.29 is 29.0 Å². The van der Waals surface area contributed by atoms with Crippen molar-refractivity contribution in [2.45, 2.75) is 38.0 Å². The number of carboxylic acid groups (broad SMARTS) is 1. The summed E-state index contributed by atoms with van der Waals surface area (Å²) in [4.78, 5) is 48.4. The molecule has 3 rings (SSSR count). The third-order valence-corrected chi connectivity index (χ3v) is 5.66. The van der Waals surface area contributed by atoms with E-state index in [9.17, 15) is 24.3 Å². The van der Waals surface area contributed by atoms with Crippen LogP contribution in [0.4, 0.5) is 5.69 Å². The first-order chi connectivity index (χ1) is 18.2. The molecule has 0 aliphatic rings. The van der Waals surface area contributed by atoms with E-state index in [1.165, 1.54) is 18.2 Å². The second kappa shape index (κ2) is 13.6. The van der Waals surface area contributed by atoms with Crippen molar-refractivity contribution in [2.24, 2.45) is 11.5 Å². The van der Waals surface area contributed by atoms with Crippen molar-refractivity contribution in [1.29, 1.82) is 0 Å². The highest BCUT2D eigenvalue weighted by Gasteiger charge is 2.22. The van der Waals surface area contributed by atoms with Gasteiger partial charge in [0, 0.05) is 5.56 Å². The Morgan fingerprint density at radius 2 is 1.53 bits per heavy atom. The Balaban J connectivity index is 1.77. The lowest BCUT2D eigenvalue weighted by molar-refractivity contribution is -0.139. The van der Waals surface area contributed by atoms with E-state index < -0.39 is 35.8 Å². The van der Waals surface area contributed by atoms with E-state index in [2.05, 4.69) is 10.6 Å². The highest BCUT2D eigenvalue weighted by Crippen LogP contribution is 2.27. The average Bonchev–Trinajstić information content (AvgIpc) is 2.90. The van der Waals surface area contributed by atoms with Crippen LogP contribution in [0.2, 0.25) is 0 Å². The van der Waals surface area contributed by atoms with E-state index in [4.69, 9.17) is 16.2 Å².